The summed E-state index contributed by atoms with van der Waals surface area (Å²) in [4.78, 5) is 21.4. The first kappa shape index (κ1) is 28.5. The smallest absolute Gasteiger partial charge is 0.290 e. The van der Waals surface area contributed by atoms with Gasteiger partial charge in [-0.2, -0.15) is 18.3 Å². The molecule has 2 aliphatic rings. The van der Waals surface area contributed by atoms with E-state index in [1.807, 2.05) is 6.08 Å². The van der Waals surface area contributed by atoms with Crippen molar-refractivity contribution < 1.29 is 26.6 Å². The van der Waals surface area contributed by atoms with E-state index in [4.69, 9.17) is 0 Å². The zero-order valence-corrected chi connectivity index (χ0v) is 24.3. The van der Waals surface area contributed by atoms with Gasteiger partial charge in [0.25, 0.3) is 0 Å². The normalized spacial score (nSPS) is 22.5. The van der Waals surface area contributed by atoms with Gasteiger partial charge in [0, 0.05) is 21.8 Å². The van der Waals surface area contributed by atoms with Gasteiger partial charge < -0.3 is 0 Å². The number of carbonyl (C=O) groups is 1. The molecule has 42 heavy (non-hydrogen) atoms. The molecule has 3 aromatic heterocycles. The molecule has 1 saturated carbocycles. The highest BCUT2D eigenvalue weighted by Gasteiger charge is 2.52. The number of hydrogen-bond acceptors (Lipinski definition) is 7. The fraction of sp³-hybridized carbons (Fsp3) is 0.357. The molecule has 2 aliphatic carbocycles. The van der Waals surface area contributed by atoms with Gasteiger partial charge in [0.2, 0.25) is 10.9 Å². The van der Waals surface area contributed by atoms with Gasteiger partial charge in [0.1, 0.15) is 17.0 Å². The van der Waals surface area contributed by atoms with Crippen LogP contribution in [-0.2, 0) is 29.2 Å². The Bertz CT molecular complexity index is 1820. The predicted molar refractivity (Wildman–Crippen MR) is 150 cm³/mol. The average Bonchev–Trinajstić information content (AvgIpc) is 3.71. The van der Waals surface area contributed by atoms with Crippen LogP contribution in [0.2, 0.25) is 0 Å². The van der Waals surface area contributed by atoms with Gasteiger partial charge in [-0.3, -0.25) is 13.7 Å². The predicted octanol–water partition coefficient (Wildman–Crippen LogP) is 5.39. The number of aromatic nitrogens is 6. The standard InChI is InChI=1S/C28H26F4N6O2S2/c1-16(42(3,40)26-34-15-37(2)36-26)17-4-5-19-10-22-18(13-35-38(22)21-8-6-20(29)7-9-21)12-27(19,11-17)24(39)25-33-14-23(41-25)28(30,31)32/h6-10,13-17H,3-5,11-12H2,1-2H3/t16-,17+,27-,42?/m1/s1. The Kier molecular flexibility index (Phi) is 6.76. The Morgan fingerprint density at radius 1 is 1.21 bits per heavy atom. The molecule has 0 bridgehead atoms. The lowest BCUT2D eigenvalue weighted by molar-refractivity contribution is -0.134. The number of Topliss-reactive ketones (excluding diaryl/α,β-unsaturated/α-hetero) is 1. The molecule has 14 heteroatoms. The average molecular weight is 619 g/mol. The SMILES string of the molecule is C=S(=O)(c1ncn(C)n1)[C@H](C)[C@H]1CCC2=Cc3c(cnn3-c3ccc(F)cc3)C[C@]2(C(=O)c2ncc(C(F)(F)F)s2)C1. The number of thiazole rings is 1. The second-order valence-corrected chi connectivity index (χ2v) is 14.5. The molecule has 1 unspecified atom stereocenters. The molecule has 0 saturated heterocycles. The fourth-order valence-electron chi connectivity index (χ4n) is 6.01. The van der Waals surface area contributed by atoms with Crippen LogP contribution in [0.15, 0.2) is 53.7 Å². The van der Waals surface area contributed by atoms with Crippen LogP contribution in [-0.4, -0.2) is 50.6 Å². The first-order chi connectivity index (χ1) is 19.8. The Labute approximate surface area is 243 Å². The molecule has 6 rings (SSSR count). The summed E-state index contributed by atoms with van der Waals surface area (Å²) in [6, 6.07) is 5.84. The molecule has 1 fully saturated rings. The zero-order valence-electron chi connectivity index (χ0n) is 22.6. The maximum atomic E-state index is 14.3. The molecular formula is C28H26F4N6O2S2. The minimum absolute atomic E-state index is 0.125. The summed E-state index contributed by atoms with van der Waals surface area (Å²) in [5.41, 5.74) is 1.61. The van der Waals surface area contributed by atoms with Crippen molar-refractivity contribution in [3.05, 3.63) is 75.5 Å². The van der Waals surface area contributed by atoms with Gasteiger partial charge in [-0.05, 0) is 73.4 Å². The maximum Gasteiger partial charge on any atom is 0.427 e. The van der Waals surface area contributed by atoms with Crippen molar-refractivity contribution >= 4 is 38.6 Å². The Morgan fingerprint density at radius 3 is 2.60 bits per heavy atom. The molecule has 8 nitrogen and oxygen atoms in total. The van der Waals surface area contributed by atoms with E-state index in [1.54, 1.807) is 37.0 Å². The minimum Gasteiger partial charge on any atom is -0.290 e. The first-order valence-corrected chi connectivity index (χ1v) is 15.7. The third-order valence-corrected chi connectivity index (χ3v) is 11.8. The van der Waals surface area contributed by atoms with E-state index in [9.17, 15) is 26.6 Å². The summed E-state index contributed by atoms with van der Waals surface area (Å²) in [6.45, 7) is 1.80. The van der Waals surface area contributed by atoms with Crippen LogP contribution in [0.3, 0.4) is 0 Å². The fourth-order valence-corrected chi connectivity index (χ4v) is 8.51. The van der Waals surface area contributed by atoms with Crippen molar-refractivity contribution in [3.8, 4) is 5.69 Å². The Morgan fingerprint density at radius 2 is 1.95 bits per heavy atom. The molecule has 4 aromatic rings. The number of alkyl halides is 3. The third kappa shape index (κ3) is 4.70. The van der Waals surface area contributed by atoms with E-state index in [0.29, 0.717) is 36.1 Å². The number of halogens is 4. The monoisotopic (exact) mass is 618 g/mol. The number of fused-ring (bicyclic) bond motifs is 2. The second-order valence-electron chi connectivity index (χ2n) is 10.9. The van der Waals surface area contributed by atoms with Crippen LogP contribution in [0, 0.1) is 17.2 Å². The third-order valence-electron chi connectivity index (χ3n) is 8.34. The van der Waals surface area contributed by atoms with Crippen LogP contribution >= 0.6 is 11.3 Å². The van der Waals surface area contributed by atoms with Gasteiger partial charge >= 0.3 is 6.18 Å². The molecule has 0 aliphatic heterocycles. The van der Waals surface area contributed by atoms with Crippen molar-refractivity contribution in [3.63, 3.8) is 0 Å². The van der Waals surface area contributed by atoms with Gasteiger partial charge in [-0.1, -0.05) is 12.5 Å². The van der Waals surface area contributed by atoms with Crippen molar-refractivity contribution in [2.45, 2.75) is 49.2 Å². The summed E-state index contributed by atoms with van der Waals surface area (Å²) < 4.78 is 70.9. The highest BCUT2D eigenvalue weighted by molar-refractivity contribution is 8.00. The van der Waals surface area contributed by atoms with Gasteiger partial charge in [0.15, 0.2) is 5.01 Å². The Balaban J connectivity index is 1.42. The molecule has 220 valence electrons. The molecular weight excluding hydrogens is 592 g/mol. The molecule has 0 radical (unpaired) electrons. The van der Waals surface area contributed by atoms with Crippen molar-refractivity contribution in [1.82, 2.24) is 29.5 Å². The summed E-state index contributed by atoms with van der Waals surface area (Å²) in [6.07, 6.45) is 2.44. The molecule has 0 spiro atoms. The highest BCUT2D eigenvalue weighted by Crippen LogP contribution is 2.53. The number of benzene rings is 1. The Hall–Kier alpha value is -3.65. The largest absolute Gasteiger partial charge is 0.427 e. The van der Waals surface area contributed by atoms with Crippen LogP contribution in [0.5, 0.6) is 0 Å². The number of ketones is 1. The quantitative estimate of drug-likeness (QED) is 0.164. The summed E-state index contributed by atoms with van der Waals surface area (Å²) in [5, 5.41) is 8.09. The van der Waals surface area contributed by atoms with Crippen LogP contribution in [0.1, 0.15) is 52.1 Å². The van der Waals surface area contributed by atoms with Crippen molar-refractivity contribution in [1.29, 1.82) is 0 Å². The molecule has 0 N–H and O–H groups in total. The highest BCUT2D eigenvalue weighted by atomic mass is 32.2. The van der Waals surface area contributed by atoms with E-state index < -0.39 is 37.0 Å². The lowest BCUT2D eigenvalue weighted by Gasteiger charge is -2.45. The van der Waals surface area contributed by atoms with Gasteiger partial charge in [-0.15, -0.1) is 16.4 Å². The molecule has 3 heterocycles. The number of aryl methyl sites for hydroxylation is 1. The van der Waals surface area contributed by atoms with E-state index in [1.165, 1.54) is 23.1 Å². The lowest BCUT2D eigenvalue weighted by Crippen LogP contribution is -2.45. The topological polar surface area (TPSA) is 95.6 Å². The van der Waals surface area contributed by atoms with Gasteiger partial charge in [-0.25, -0.2) is 19.0 Å². The first-order valence-electron chi connectivity index (χ1n) is 13.1. The van der Waals surface area contributed by atoms with E-state index in [0.717, 1.165) is 16.8 Å². The minimum atomic E-state index is -4.62. The number of rotatable bonds is 6. The van der Waals surface area contributed by atoms with E-state index in [-0.39, 0.29) is 34.7 Å². The van der Waals surface area contributed by atoms with Crippen LogP contribution in [0.4, 0.5) is 17.6 Å². The molecule has 1 aromatic carbocycles. The van der Waals surface area contributed by atoms with Gasteiger partial charge in [0.05, 0.1) is 29.2 Å². The second kappa shape index (κ2) is 9.97. The summed E-state index contributed by atoms with van der Waals surface area (Å²) >= 11 is 0.331. The number of allylic oxidation sites excluding steroid dienone is 1. The lowest BCUT2D eigenvalue weighted by atomic mass is 9.59. The van der Waals surface area contributed by atoms with E-state index in [2.05, 4.69) is 26.0 Å². The van der Waals surface area contributed by atoms with Crippen molar-refractivity contribution in [2.24, 2.45) is 18.4 Å². The van der Waals surface area contributed by atoms with Crippen LogP contribution in [0.25, 0.3) is 11.8 Å². The molecule has 0 amide bonds. The summed E-state index contributed by atoms with van der Waals surface area (Å²) in [5.74, 6) is 2.82. The number of hydrogen-bond donors (Lipinski definition) is 0. The number of carbonyl (C=O) groups excluding carboxylic acids is 1. The zero-order chi connectivity index (χ0) is 30.0. The maximum absolute atomic E-state index is 14.3. The molecule has 4 atom stereocenters. The van der Waals surface area contributed by atoms with Crippen LogP contribution < -0.4 is 0 Å². The number of nitrogens with zero attached hydrogens (tertiary/aromatic N) is 6. The summed E-state index contributed by atoms with van der Waals surface area (Å²) in [7, 11) is -1.30. The van der Waals surface area contributed by atoms with Crippen molar-refractivity contribution in [2.75, 3.05) is 0 Å². The van der Waals surface area contributed by atoms with E-state index >= 15 is 0 Å².